The van der Waals surface area contributed by atoms with Gasteiger partial charge in [-0.2, -0.15) is 5.10 Å². The highest BCUT2D eigenvalue weighted by atomic mass is 35.5. The number of rotatable bonds is 9. The Kier molecular flexibility index (Phi) is 10.4. The number of amides is 3. The molecule has 2 saturated heterocycles. The molecule has 0 aliphatic carbocycles. The van der Waals surface area contributed by atoms with Crippen LogP contribution in [-0.2, 0) is 9.59 Å². The molecule has 4 rings (SSSR count). The Balaban J connectivity index is 0.00000441. The smallest absolute Gasteiger partial charge is 0.251 e. The van der Waals surface area contributed by atoms with Gasteiger partial charge in [0, 0.05) is 43.5 Å². The number of aromatic nitrogens is 2. The van der Waals surface area contributed by atoms with E-state index in [4.69, 9.17) is 0 Å². The molecule has 2 atom stereocenters. The normalized spacial score (nSPS) is 19.9. The molecule has 10 heteroatoms. The predicted molar refractivity (Wildman–Crippen MR) is 159 cm³/mol. The largest absolute Gasteiger partial charge is 0.355 e. The SMILES string of the molecule is CCCCN1C(=O)[C@H](CC(C)C)NC(=O)C12CCN(C(c1ccc(C(=O)NC)cc1)c1c(C)n[nH]c1C)CC2.Cl. The molecule has 2 aromatic rings. The van der Waals surface area contributed by atoms with E-state index in [2.05, 4.69) is 46.5 Å². The molecule has 0 radical (unpaired) electrons. The molecular formula is C30H45ClN6O3. The van der Waals surface area contributed by atoms with Gasteiger partial charge in [-0.15, -0.1) is 12.4 Å². The van der Waals surface area contributed by atoms with Crippen LogP contribution in [0.15, 0.2) is 24.3 Å². The lowest BCUT2D eigenvalue weighted by molar-refractivity contribution is -0.162. The second-order valence-electron chi connectivity index (χ2n) is 11.5. The zero-order chi connectivity index (χ0) is 28.3. The van der Waals surface area contributed by atoms with Crippen molar-refractivity contribution in [3.05, 3.63) is 52.3 Å². The molecule has 1 unspecified atom stereocenters. The van der Waals surface area contributed by atoms with E-state index in [0.29, 0.717) is 50.4 Å². The van der Waals surface area contributed by atoms with Crippen LogP contribution in [0.2, 0.25) is 0 Å². The molecule has 3 N–H and O–H groups in total. The van der Waals surface area contributed by atoms with Crippen molar-refractivity contribution < 1.29 is 14.4 Å². The second-order valence-corrected chi connectivity index (χ2v) is 11.5. The summed E-state index contributed by atoms with van der Waals surface area (Å²) in [7, 11) is 1.63. The lowest BCUT2D eigenvalue weighted by Crippen LogP contribution is -2.73. The number of piperazine rings is 1. The summed E-state index contributed by atoms with van der Waals surface area (Å²) >= 11 is 0. The summed E-state index contributed by atoms with van der Waals surface area (Å²) in [4.78, 5) is 43.8. The Morgan fingerprint density at radius 3 is 2.33 bits per heavy atom. The highest BCUT2D eigenvalue weighted by Crippen LogP contribution is 2.40. The molecular weight excluding hydrogens is 528 g/mol. The summed E-state index contributed by atoms with van der Waals surface area (Å²) in [6, 6.07) is 7.19. The third-order valence-electron chi connectivity index (χ3n) is 8.42. The number of benzene rings is 1. The van der Waals surface area contributed by atoms with Crippen LogP contribution < -0.4 is 10.6 Å². The predicted octanol–water partition coefficient (Wildman–Crippen LogP) is 3.91. The third-order valence-corrected chi connectivity index (χ3v) is 8.42. The Morgan fingerprint density at radius 1 is 1.15 bits per heavy atom. The van der Waals surface area contributed by atoms with Crippen molar-refractivity contribution in [1.29, 1.82) is 0 Å². The maximum atomic E-state index is 13.7. The van der Waals surface area contributed by atoms with Crippen molar-refractivity contribution in [2.75, 3.05) is 26.7 Å². The lowest BCUT2D eigenvalue weighted by Gasteiger charge is -2.52. The summed E-state index contributed by atoms with van der Waals surface area (Å²) in [5.41, 5.74) is 3.90. The molecule has 2 aliphatic heterocycles. The molecule has 220 valence electrons. The van der Waals surface area contributed by atoms with Crippen molar-refractivity contribution in [3.63, 3.8) is 0 Å². The molecule has 0 bridgehead atoms. The van der Waals surface area contributed by atoms with Crippen LogP contribution in [0.4, 0.5) is 0 Å². The van der Waals surface area contributed by atoms with E-state index in [1.807, 2.05) is 43.0 Å². The molecule has 1 aromatic heterocycles. The standard InChI is InChI=1S/C30H44N6O3.ClH/c1-7-8-15-36-28(38)24(18-19(2)3)32-29(39)30(36)13-16-35(17-14-30)26(25-20(4)33-34-21(25)5)22-9-11-23(12-10-22)27(37)31-6;/h9-12,19,24,26H,7-8,13-18H2,1-6H3,(H,31,37)(H,32,39)(H,33,34);1H/t24-,26?;/m0./s1. The van der Waals surface area contributed by atoms with Gasteiger partial charge in [0.15, 0.2) is 0 Å². The van der Waals surface area contributed by atoms with E-state index in [1.54, 1.807) is 7.05 Å². The van der Waals surface area contributed by atoms with E-state index >= 15 is 0 Å². The number of aromatic amines is 1. The zero-order valence-electron chi connectivity index (χ0n) is 24.7. The van der Waals surface area contributed by atoms with Crippen LogP contribution in [-0.4, -0.2) is 76.0 Å². The van der Waals surface area contributed by atoms with Gasteiger partial charge < -0.3 is 15.5 Å². The summed E-state index contributed by atoms with van der Waals surface area (Å²) < 4.78 is 0. The molecule has 3 heterocycles. The number of carbonyl (C=O) groups excluding carboxylic acids is 3. The van der Waals surface area contributed by atoms with Crippen LogP contribution in [0.1, 0.15) is 91.8 Å². The summed E-state index contributed by atoms with van der Waals surface area (Å²) in [6.45, 7) is 12.2. The van der Waals surface area contributed by atoms with Gasteiger partial charge in [-0.3, -0.25) is 24.4 Å². The maximum Gasteiger partial charge on any atom is 0.251 e. The number of likely N-dealkylation sites (tertiary alicyclic amines) is 1. The van der Waals surface area contributed by atoms with Crippen LogP contribution in [0.3, 0.4) is 0 Å². The molecule has 40 heavy (non-hydrogen) atoms. The average Bonchev–Trinajstić information content (AvgIpc) is 3.25. The fourth-order valence-electron chi connectivity index (χ4n) is 6.28. The van der Waals surface area contributed by atoms with E-state index in [0.717, 1.165) is 35.4 Å². The lowest BCUT2D eigenvalue weighted by atomic mass is 9.79. The quantitative estimate of drug-likeness (QED) is 0.422. The topological polar surface area (TPSA) is 110 Å². The van der Waals surface area contributed by atoms with E-state index in [-0.39, 0.29) is 36.2 Å². The maximum absolute atomic E-state index is 13.7. The highest BCUT2D eigenvalue weighted by molar-refractivity contribution is 6.00. The Hall–Kier alpha value is -2.91. The van der Waals surface area contributed by atoms with Crippen molar-refractivity contribution in [2.24, 2.45) is 5.92 Å². The van der Waals surface area contributed by atoms with Gasteiger partial charge in [-0.1, -0.05) is 39.3 Å². The van der Waals surface area contributed by atoms with Crippen molar-refractivity contribution in [2.45, 2.75) is 84.3 Å². The van der Waals surface area contributed by atoms with Gasteiger partial charge in [-0.25, -0.2) is 0 Å². The van der Waals surface area contributed by atoms with E-state index in [9.17, 15) is 14.4 Å². The van der Waals surface area contributed by atoms with Crippen molar-refractivity contribution in [3.8, 4) is 0 Å². The van der Waals surface area contributed by atoms with E-state index < -0.39 is 11.6 Å². The van der Waals surface area contributed by atoms with Crippen LogP contribution >= 0.6 is 12.4 Å². The van der Waals surface area contributed by atoms with Crippen molar-refractivity contribution >= 4 is 30.1 Å². The summed E-state index contributed by atoms with van der Waals surface area (Å²) in [6.07, 6.45) is 3.65. The number of hydrogen-bond acceptors (Lipinski definition) is 5. The Labute approximate surface area is 244 Å². The number of unbranched alkanes of at least 4 members (excludes halogenated alkanes) is 1. The molecule has 9 nitrogen and oxygen atoms in total. The first kappa shape index (κ1) is 31.6. The number of H-pyrrole nitrogens is 1. The first-order valence-electron chi connectivity index (χ1n) is 14.3. The zero-order valence-corrected chi connectivity index (χ0v) is 25.5. The number of nitrogens with zero attached hydrogens (tertiary/aromatic N) is 3. The first-order valence-corrected chi connectivity index (χ1v) is 14.3. The number of nitrogens with one attached hydrogen (secondary N) is 3. The molecule has 2 fully saturated rings. The van der Waals surface area contributed by atoms with Gasteiger partial charge in [0.1, 0.15) is 11.6 Å². The average molecular weight is 573 g/mol. The molecule has 2 aliphatic rings. The second kappa shape index (κ2) is 13.2. The third kappa shape index (κ3) is 6.05. The molecule has 1 aromatic carbocycles. The van der Waals surface area contributed by atoms with Crippen LogP contribution in [0, 0.1) is 19.8 Å². The molecule has 1 spiro atoms. The first-order chi connectivity index (χ1) is 18.6. The molecule has 3 amide bonds. The van der Waals surface area contributed by atoms with Crippen LogP contribution in [0.25, 0.3) is 0 Å². The Bertz CT molecular complexity index is 1170. The summed E-state index contributed by atoms with van der Waals surface area (Å²) in [5, 5.41) is 13.4. The Morgan fingerprint density at radius 2 is 1.80 bits per heavy atom. The van der Waals surface area contributed by atoms with Gasteiger partial charge in [0.2, 0.25) is 11.8 Å². The highest BCUT2D eigenvalue weighted by Gasteiger charge is 2.54. The van der Waals surface area contributed by atoms with Crippen LogP contribution in [0.5, 0.6) is 0 Å². The minimum Gasteiger partial charge on any atom is -0.355 e. The number of halogens is 1. The van der Waals surface area contributed by atoms with Gasteiger partial charge in [-0.05, 0) is 63.1 Å². The van der Waals surface area contributed by atoms with Gasteiger partial charge in [0.25, 0.3) is 5.91 Å². The molecule has 0 saturated carbocycles. The minimum absolute atomic E-state index is 0. The number of aryl methyl sites for hydroxylation is 2. The van der Waals surface area contributed by atoms with Gasteiger partial charge >= 0.3 is 0 Å². The van der Waals surface area contributed by atoms with Crippen molar-refractivity contribution in [1.82, 2.24) is 30.6 Å². The fraction of sp³-hybridized carbons (Fsp3) is 0.600. The minimum atomic E-state index is -0.815. The monoisotopic (exact) mass is 572 g/mol. The number of carbonyl (C=O) groups is 3. The number of piperidine rings is 1. The number of hydrogen-bond donors (Lipinski definition) is 3. The van der Waals surface area contributed by atoms with E-state index in [1.165, 1.54) is 0 Å². The van der Waals surface area contributed by atoms with Gasteiger partial charge in [0.05, 0.1) is 11.7 Å². The summed E-state index contributed by atoms with van der Waals surface area (Å²) in [5.74, 6) is 0.253. The fourth-order valence-corrected chi connectivity index (χ4v) is 6.28.